The highest BCUT2D eigenvalue weighted by atomic mass is 16.2. The molecule has 5 nitrogen and oxygen atoms in total. The number of unbranched alkanes of at least 4 members (excludes halogenated alkanes) is 10. The van der Waals surface area contributed by atoms with E-state index in [-0.39, 0.29) is 24.9 Å². The maximum absolute atomic E-state index is 11.6. The molecule has 0 saturated heterocycles. The SMILES string of the molecule is CCCCCCCCNC(=O)CNCC(=O)NCCCCCCCC. The molecular weight excluding hydrogens is 314 g/mol. The molecule has 3 N–H and O–H groups in total. The van der Waals surface area contributed by atoms with Gasteiger partial charge in [-0.3, -0.25) is 14.9 Å². The third kappa shape index (κ3) is 19.1. The molecule has 5 heteroatoms. The number of hydrogen-bond acceptors (Lipinski definition) is 3. The molecule has 0 heterocycles. The third-order valence-corrected chi connectivity index (χ3v) is 4.28. The Labute approximate surface area is 155 Å². The van der Waals surface area contributed by atoms with Crippen LogP contribution in [0.25, 0.3) is 0 Å². The first kappa shape index (κ1) is 23.9. The lowest BCUT2D eigenvalue weighted by molar-refractivity contribution is -0.121. The van der Waals surface area contributed by atoms with Crippen LogP contribution in [0.1, 0.15) is 90.9 Å². The van der Waals surface area contributed by atoms with Crippen molar-refractivity contribution in [3.63, 3.8) is 0 Å². The molecule has 0 fully saturated rings. The van der Waals surface area contributed by atoms with E-state index in [0.29, 0.717) is 0 Å². The molecule has 0 aromatic carbocycles. The van der Waals surface area contributed by atoms with Crippen LogP contribution >= 0.6 is 0 Å². The molecule has 0 bridgehead atoms. The van der Waals surface area contributed by atoms with Gasteiger partial charge in [0.05, 0.1) is 13.1 Å². The Morgan fingerprint density at radius 2 is 0.920 bits per heavy atom. The second-order valence-corrected chi connectivity index (χ2v) is 6.84. The number of carbonyl (C=O) groups excluding carboxylic acids is 2. The van der Waals surface area contributed by atoms with Gasteiger partial charge in [-0.05, 0) is 12.8 Å². The Hall–Kier alpha value is -1.10. The van der Waals surface area contributed by atoms with Crippen LogP contribution in [0.3, 0.4) is 0 Å². The molecule has 0 aliphatic carbocycles. The molecule has 0 aliphatic rings. The van der Waals surface area contributed by atoms with Gasteiger partial charge in [0.1, 0.15) is 0 Å². The number of hydrogen-bond donors (Lipinski definition) is 3. The van der Waals surface area contributed by atoms with Crippen molar-refractivity contribution in [3.05, 3.63) is 0 Å². The molecule has 0 saturated carbocycles. The maximum Gasteiger partial charge on any atom is 0.233 e. The van der Waals surface area contributed by atoms with Crippen LogP contribution in [0.15, 0.2) is 0 Å². The number of nitrogens with one attached hydrogen (secondary N) is 3. The summed E-state index contributed by atoms with van der Waals surface area (Å²) in [4.78, 5) is 23.3. The minimum absolute atomic E-state index is 0.0303. The Balaban J connectivity index is 3.32. The van der Waals surface area contributed by atoms with Crippen molar-refractivity contribution in [2.75, 3.05) is 26.2 Å². The van der Waals surface area contributed by atoms with E-state index in [4.69, 9.17) is 0 Å². The Morgan fingerprint density at radius 1 is 0.560 bits per heavy atom. The van der Waals surface area contributed by atoms with Crippen LogP contribution in [-0.4, -0.2) is 38.0 Å². The summed E-state index contributed by atoms with van der Waals surface area (Å²) in [5.41, 5.74) is 0. The van der Waals surface area contributed by atoms with Crippen molar-refractivity contribution < 1.29 is 9.59 Å². The van der Waals surface area contributed by atoms with E-state index in [9.17, 15) is 9.59 Å². The second-order valence-electron chi connectivity index (χ2n) is 6.84. The highest BCUT2D eigenvalue weighted by Gasteiger charge is 2.03. The average molecular weight is 356 g/mol. The number of amides is 2. The standard InChI is InChI=1S/C20H41N3O2/c1-3-5-7-9-11-13-15-22-19(24)17-21-18-20(25)23-16-14-12-10-8-6-4-2/h21H,3-18H2,1-2H3,(H,22,24)(H,23,25). The monoisotopic (exact) mass is 355 g/mol. The van der Waals surface area contributed by atoms with Gasteiger partial charge in [0.15, 0.2) is 0 Å². The molecule has 0 aromatic rings. The zero-order valence-corrected chi connectivity index (χ0v) is 16.6. The Bertz CT molecular complexity index is 292. The minimum Gasteiger partial charge on any atom is -0.355 e. The van der Waals surface area contributed by atoms with Crippen LogP contribution in [0.5, 0.6) is 0 Å². The fourth-order valence-corrected chi connectivity index (χ4v) is 2.68. The van der Waals surface area contributed by atoms with Crippen molar-refractivity contribution in [1.29, 1.82) is 0 Å². The van der Waals surface area contributed by atoms with Gasteiger partial charge in [0, 0.05) is 13.1 Å². The topological polar surface area (TPSA) is 70.2 Å². The van der Waals surface area contributed by atoms with Crippen molar-refractivity contribution in [2.45, 2.75) is 90.9 Å². The van der Waals surface area contributed by atoms with E-state index in [1.54, 1.807) is 0 Å². The summed E-state index contributed by atoms with van der Waals surface area (Å²) in [6.07, 6.45) is 14.6. The lowest BCUT2D eigenvalue weighted by Crippen LogP contribution is -2.40. The van der Waals surface area contributed by atoms with Gasteiger partial charge in [-0.2, -0.15) is 0 Å². The fraction of sp³-hybridized carbons (Fsp3) is 0.900. The van der Waals surface area contributed by atoms with Crippen LogP contribution < -0.4 is 16.0 Å². The summed E-state index contributed by atoms with van der Waals surface area (Å²) in [5.74, 6) is -0.0606. The highest BCUT2D eigenvalue weighted by molar-refractivity contribution is 5.81. The van der Waals surface area contributed by atoms with E-state index < -0.39 is 0 Å². The van der Waals surface area contributed by atoms with E-state index in [1.165, 1.54) is 64.2 Å². The van der Waals surface area contributed by atoms with Gasteiger partial charge in [0.2, 0.25) is 11.8 Å². The lowest BCUT2D eigenvalue weighted by Gasteiger charge is -2.08. The van der Waals surface area contributed by atoms with Crippen LogP contribution in [0.4, 0.5) is 0 Å². The third-order valence-electron chi connectivity index (χ3n) is 4.28. The van der Waals surface area contributed by atoms with Gasteiger partial charge >= 0.3 is 0 Å². The Kier molecular flexibility index (Phi) is 18.4. The summed E-state index contributed by atoms with van der Waals surface area (Å²) in [6.45, 7) is 6.30. The smallest absolute Gasteiger partial charge is 0.233 e. The number of carbonyl (C=O) groups is 2. The fourth-order valence-electron chi connectivity index (χ4n) is 2.68. The van der Waals surface area contributed by atoms with E-state index >= 15 is 0 Å². The maximum atomic E-state index is 11.6. The lowest BCUT2D eigenvalue weighted by atomic mass is 10.1. The van der Waals surface area contributed by atoms with Crippen LogP contribution in [0.2, 0.25) is 0 Å². The van der Waals surface area contributed by atoms with Crippen molar-refractivity contribution in [1.82, 2.24) is 16.0 Å². The summed E-state index contributed by atoms with van der Waals surface area (Å²) < 4.78 is 0. The molecule has 0 atom stereocenters. The Morgan fingerprint density at radius 3 is 1.32 bits per heavy atom. The van der Waals surface area contributed by atoms with E-state index in [1.807, 2.05) is 0 Å². The molecule has 0 unspecified atom stereocenters. The van der Waals surface area contributed by atoms with Gasteiger partial charge in [-0.1, -0.05) is 78.1 Å². The molecule has 0 radical (unpaired) electrons. The van der Waals surface area contributed by atoms with Crippen LogP contribution in [-0.2, 0) is 9.59 Å². The first-order valence-electron chi connectivity index (χ1n) is 10.4. The molecule has 148 valence electrons. The predicted molar refractivity (Wildman–Crippen MR) is 106 cm³/mol. The highest BCUT2D eigenvalue weighted by Crippen LogP contribution is 2.04. The molecule has 0 spiro atoms. The second kappa shape index (κ2) is 19.2. The van der Waals surface area contributed by atoms with Gasteiger partial charge in [0.25, 0.3) is 0 Å². The first-order valence-corrected chi connectivity index (χ1v) is 10.4. The van der Waals surface area contributed by atoms with Gasteiger partial charge in [-0.25, -0.2) is 0 Å². The summed E-state index contributed by atoms with van der Waals surface area (Å²) in [5, 5.41) is 8.68. The molecular formula is C20H41N3O2. The minimum atomic E-state index is -0.0303. The summed E-state index contributed by atoms with van der Waals surface area (Å²) in [6, 6.07) is 0. The zero-order valence-electron chi connectivity index (χ0n) is 16.6. The zero-order chi connectivity index (χ0) is 18.6. The molecule has 25 heavy (non-hydrogen) atoms. The van der Waals surface area contributed by atoms with Crippen molar-refractivity contribution >= 4 is 11.8 Å². The van der Waals surface area contributed by atoms with E-state index in [2.05, 4.69) is 29.8 Å². The quantitative estimate of drug-likeness (QED) is 0.329. The first-order chi connectivity index (χ1) is 12.2. The largest absolute Gasteiger partial charge is 0.355 e. The van der Waals surface area contributed by atoms with Gasteiger partial charge < -0.3 is 10.6 Å². The van der Waals surface area contributed by atoms with Crippen molar-refractivity contribution in [2.24, 2.45) is 0 Å². The van der Waals surface area contributed by atoms with Gasteiger partial charge in [-0.15, -0.1) is 0 Å². The van der Waals surface area contributed by atoms with Crippen LogP contribution in [0, 0.1) is 0 Å². The molecule has 0 aromatic heterocycles. The number of rotatable bonds is 18. The molecule has 0 aliphatic heterocycles. The molecule has 2 amide bonds. The molecule has 0 rings (SSSR count). The summed E-state index contributed by atoms with van der Waals surface area (Å²) in [7, 11) is 0. The summed E-state index contributed by atoms with van der Waals surface area (Å²) >= 11 is 0. The predicted octanol–water partition coefficient (Wildman–Crippen LogP) is 3.53. The van der Waals surface area contributed by atoms with E-state index in [0.717, 1.165) is 25.9 Å². The van der Waals surface area contributed by atoms with Crippen molar-refractivity contribution in [3.8, 4) is 0 Å². The average Bonchev–Trinajstić information content (AvgIpc) is 2.60. The normalized spacial score (nSPS) is 10.6.